The van der Waals surface area contributed by atoms with Crippen LogP contribution in [0.4, 0.5) is 68.2 Å². The highest BCUT2D eigenvalue weighted by atomic mass is 15.2. The molecule has 0 aliphatic carbocycles. The van der Waals surface area contributed by atoms with Crippen molar-refractivity contribution in [1.82, 2.24) is 17.6 Å². The van der Waals surface area contributed by atoms with Gasteiger partial charge in [0.15, 0.2) is 0 Å². The zero-order valence-corrected chi connectivity index (χ0v) is 84.3. The molecule has 0 radical (unpaired) electrons. The van der Waals surface area contributed by atoms with Crippen molar-refractivity contribution < 1.29 is 0 Å². The zero-order chi connectivity index (χ0) is 99.8. The number of nitrogens with zero attached hydrogens (tertiary/aromatic N) is 8. The van der Waals surface area contributed by atoms with Gasteiger partial charge in [0.05, 0.1) is 88.9 Å². The number of rotatable bonds is 20. The number of hydrogen-bond acceptors (Lipinski definition) is 4. The lowest BCUT2D eigenvalue weighted by Crippen LogP contribution is -2.10. The SMILES string of the molecule is CC(C)c1ccc(N(c2ccccc2)c2cccc3c2c2cccc4c5c(-c6ccccc6)c6c(c(-c7ccccc7)c5n3c24)c2cccc3c4c(N(c5ccccc5)c5ccc(C(C)C)cc5)cccc4n6c32)cc1.CCc1ccc(N(c2ccccc2)c2cccc3c2c2cccc4c5c(-c6ccccc6)c6c(c(-c7ccccc7)c5n3c24)c2cccc3c4c(N(c5ccccc5)c5ccc(CC)cc5)cccc4n6c32)cc1. The van der Waals surface area contributed by atoms with Crippen molar-refractivity contribution in [3.05, 3.63) is 508 Å². The summed E-state index contributed by atoms with van der Waals surface area (Å²) in [4.78, 5) is 9.80. The minimum Gasteiger partial charge on any atom is -0.310 e. The molecule has 712 valence electrons. The van der Waals surface area contributed by atoms with E-state index in [0.29, 0.717) is 11.8 Å². The van der Waals surface area contributed by atoms with Crippen molar-refractivity contribution in [2.24, 2.45) is 0 Å². The van der Waals surface area contributed by atoms with Crippen LogP contribution >= 0.6 is 0 Å². The number of aryl methyl sites for hydroxylation is 2. The minimum absolute atomic E-state index is 0.438. The third kappa shape index (κ3) is 13.2. The van der Waals surface area contributed by atoms with Gasteiger partial charge in [-0.05, 0) is 215 Å². The highest BCUT2D eigenvalue weighted by Gasteiger charge is 2.37. The van der Waals surface area contributed by atoms with Crippen LogP contribution in [0.25, 0.3) is 197 Å². The monoisotopic (exact) mass is 1920 g/mol. The van der Waals surface area contributed by atoms with Crippen LogP contribution in [0.2, 0.25) is 0 Å². The first kappa shape index (κ1) is 87.8. The quantitative estimate of drug-likeness (QED) is 0.0761. The van der Waals surface area contributed by atoms with Crippen molar-refractivity contribution >= 4 is 221 Å². The highest BCUT2D eigenvalue weighted by Crippen LogP contribution is 2.61. The van der Waals surface area contributed by atoms with E-state index < -0.39 is 0 Å². The van der Waals surface area contributed by atoms with Crippen LogP contribution in [0.3, 0.4) is 0 Å². The third-order valence-electron chi connectivity index (χ3n) is 32.1. The summed E-state index contributed by atoms with van der Waals surface area (Å²) in [7, 11) is 0. The van der Waals surface area contributed by atoms with Gasteiger partial charge in [-0.2, -0.15) is 0 Å². The summed E-state index contributed by atoms with van der Waals surface area (Å²) in [5.41, 5.74) is 43.3. The van der Waals surface area contributed by atoms with Crippen molar-refractivity contribution in [2.75, 3.05) is 19.6 Å². The van der Waals surface area contributed by atoms with E-state index in [4.69, 9.17) is 0 Å². The van der Waals surface area contributed by atoms with Gasteiger partial charge < -0.3 is 37.2 Å². The minimum atomic E-state index is 0.438. The second-order valence-corrected chi connectivity index (χ2v) is 40.9. The summed E-state index contributed by atoms with van der Waals surface area (Å²) < 4.78 is 10.5. The van der Waals surface area contributed by atoms with Gasteiger partial charge in [0.2, 0.25) is 0 Å². The molecule has 8 heterocycles. The first-order valence-electron chi connectivity index (χ1n) is 52.9. The zero-order valence-electron chi connectivity index (χ0n) is 84.3. The summed E-state index contributed by atoms with van der Waals surface area (Å²) in [6, 6.07) is 180. The number of anilines is 12. The smallest absolute Gasteiger partial charge is 0.0634 e. The first-order chi connectivity index (χ1) is 74.1. The van der Waals surface area contributed by atoms with Crippen molar-refractivity contribution in [3.8, 4) is 44.5 Å². The molecule has 8 aromatic heterocycles. The first-order valence-corrected chi connectivity index (χ1v) is 52.9. The number of hydrogen-bond donors (Lipinski definition) is 0. The molecule has 0 aliphatic rings. The Bertz CT molecular complexity index is 9820. The maximum absolute atomic E-state index is 2.63. The van der Waals surface area contributed by atoms with Crippen LogP contribution in [0.15, 0.2) is 485 Å². The molecule has 0 N–H and O–H groups in total. The molecule has 0 aliphatic heterocycles. The van der Waals surface area contributed by atoms with Crippen LogP contribution in [-0.2, 0) is 12.8 Å². The lowest BCUT2D eigenvalue weighted by atomic mass is 9.89. The number of para-hydroxylation sites is 8. The summed E-state index contributed by atoms with van der Waals surface area (Å²) in [6.07, 6.45) is 1.99. The van der Waals surface area contributed by atoms with Gasteiger partial charge in [0.1, 0.15) is 0 Å². The van der Waals surface area contributed by atoms with E-state index in [-0.39, 0.29) is 0 Å². The fraction of sp³-hybridized carbons (Fsp3) is 0.0704. The Labute approximate surface area is 869 Å². The Hall–Kier alpha value is -18.8. The van der Waals surface area contributed by atoms with E-state index >= 15 is 0 Å². The fourth-order valence-corrected chi connectivity index (χ4v) is 25.6. The lowest BCUT2D eigenvalue weighted by Gasteiger charge is -2.27. The van der Waals surface area contributed by atoms with Crippen LogP contribution in [-0.4, -0.2) is 17.6 Å². The molecule has 30 aromatic rings. The average molecular weight is 1920 g/mol. The van der Waals surface area contributed by atoms with E-state index in [1.54, 1.807) is 0 Å². The molecule has 0 spiro atoms. The predicted octanol–water partition coefficient (Wildman–Crippen LogP) is 39.9. The Balaban J connectivity index is 0.000000141. The fourth-order valence-electron chi connectivity index (χ4n) is 25.6. The Morgan fingerprint density at radius 2 is 0.347 bits per heavy atom. The largest absolute Gasteiger partial charge is 0.310 e. The van der Waals surface area contributed by atoms with E-state index in [0.717, 1.165) is 81.1 Å². The predicted molar refractivity (Wildman–Crippen MR) is 639 cm³/mol. The van der Waals surface area contributed by atoms with Gasteiger partial charge in [-0.15, -0.1) is 0 Å². The second-order valence-electron chi connectivity index (χ2n) is 40.9. The normalized spacial score (nSPS) is 12.1. The molecule has 22 aromatic carbocycles. The van der Waals surface area contributed by atoms with Gasteiger partial charge in [0.25, 0.3) is 0 Å². The molecular weight excluding hydrogens is 1820 g/mol. The van der Waals surface area contributed by atoms with Gasteiger partial charge in [-0.1, -0.05) is 381 Å². The standard InChI is InChI=1S/C72H54N4.C70H50N4/c1-45(2)47-37-41-53(42-38-47)73(51-25-13-7-14-26-51)59-33-19-35-61-65(59)55-29-17-31-57-67-64(50-23-11-6-12-24-50)72-68(63(49-21-9-5-10-22-49)71(67)75(61)69(55)57)58-32-18-30-56-66-60(34-20-36-62(66)76(72)70(56)58)74(52-27-15-8-16-28-52)54-43-39-48(40-44-54)46(3)4;1-3-45-37-41-51(42-38-45)71(49-25-13-7-14-26-49)57-33-19-35-59-63(57)53-29-17-31-55-65-62(48-23-11-6-12-24-48)70-66(61(47-21-9-5-10-22-47)69(65)73(59)67(53)55)56-32-18-30-54-64-58(34-20-36-60(64)74(70)68(54)56)72(50-27-15-8-16-28-50)52-43-39-46(4-2)40-44-52/h5-46H,1-4H3;5-44H,3-4H2,1-2H3. The van der Waals surface area contributed by atoms with Crippen LogP contribution in [0, 0.1) is 0 Å². The Kier molecular flexibility index (Phi) is 20.5. The van der Waals surface area contributed by atoms with E-state index in [1.165, 1.54) is 219 Å². The number of aromatic nitrogens is 4. The number of benzene rings is 22. The summed E-state index contributed by atoms with van der Waals surface area (Å²) in [6.45, 7) is 13.5. The van der Waals surface area contributed by atoms with Crippen LogP contribution in [0.5, 0.6) is 0 Å². The molecule has 8 heteroatoms. The second kappa shape index (κ2) is 35.0. The molecule has 0 saturated heterocycles. The summed E-state index contributed by atoms with van der Waals surface area (Å²) in [5, 5.41) is 19.9. The van der Waals surface area contributed by atoms with Crippen molar-refractivity contribution in [1.29, 1.82) is 0 Å². The molecule has 0 amide bonds. The van der Waals surface area contributed by atoms with E-state index in [2.05, 4.69) is 564 Å². The van der Waals surface area contributed by atoms with Crippen molar-refractivity contribution in [2.45, 2.75) is 66.2 Å². The molecule has 8 nitrogen and oxygen atoms in total. The highest BCUT2D eigenvalue weighted by molar-refractivity contribution is 6.42. The molecule has 30 rings (SSSR count). The van der Waals surface area contributed by atoms with Crippen LogP contribution < -0.4 is 19.6 Å². The molecule has 0 bridgehead atoms. The van der Waals surface area contributed by atoms with Gasteiger partial charge in [-0.3, -0.25) is 0 Å². The molecule has 0 saturated carbocycles. The summed E-state index contributed by atoms with van der Waals surface area (Å²) in [5.74, 6) is 0.876. The summed E-state index contributed by atoms with van der Waals surface area (Å²) >= 11 is 0. The molecular formula is C142H104N8. The topological polar surface area (TPSA) is 30.6 Å². The maximum Gasteiger partial charge on any atom is 0.0634 e. The van der Waals surface area contributed by atoms with Gasteiger partial charge in [0, 0.05) is 154 Å². The Morgan fingerprint density at radius 3 is 0.547 bits per heavy atom. The molecule has 150 heavy (non-hydrogen) atoms. The van der Waals surface area contributed by atoms with Gasteiger partial charge >= 0.3 is 0 Å². The lowest BCUT2D eigenvalue weighted by molar-refractivity contribution is 0.866. The molecule has 0 fully saturated rings. The molecule has 0 atom stereocenters. The third-order valence-corrected chi connectivity index (χ3v) is 32.1. The van der Waals surface area contributed by atoms with E-state index in [1.807, 2.05) is 0 Å². The van der Waals surface area contributed by atoms with E-state index in [9.17, 15) is 0 Å². The average Bonchev–Trinajstić information content (AvgIpc) is 1.49. The van der Waals surface area contributed by atoms with Gasteiger partial charge in [-0.25, -0.2) is 0 Å². The number of fused-ring (bicyclic) bond motifs is 24. The van der Waals surface area contributed by atoms with Crippen molar-refractivity contribution in [3.63, 3.8) is 0 Å². The molecule has 0 unspecified atom stereocenters. The van der Waals surface area contributed by atoms with Crippen LogP contribution in [0.1, 0.15) is 75.6 Å². The maximum atomic E-state index is 2.63. The Morgan fingerprint density at radius 1 is 0.167 bits per heavy atom.